The summed E-state index contributed by atoms with van der Waals surface area (Å²) in [5.74, 6) is 0. The molecule has 0 saturated carbocycles. The van der Waals surface area contributed by atoms with E-state index in [1.54, 1.807) is 0 Å². The lowest BCUT2D eigenvalue weighted by atomic mass is 10.1. The lowest BCUT2D eigenvalue weighted by Crippen LogP contribution is -2.37. The number of quaternary nitrogens is 1. The highest BCUT2D eigenvalue weighted by Crippen LogP contribution is 2.10. The van der Waals surface area contributed by atoms with Gasteiger partial charge in [-0.2, -0.15) is 0 Å². The summed E-state index contributed by atoms with van der Waals surface area (Å²) in [6, 6.07) is 0. The first-order chi connectivity index (χ1) is 10.8. The minimum Gasteiger partial charge on any atom is -0.565 e. The van der Waals surface area contributed by atoms with Crippen LogP contribution in [0, 0.1) is 0 Å². The van der Waals surface area contributed by atoms with Gasteiger partial charge in [0.05, 0.1) is 27.7 Å². The van der Waals surface area contributed by atoms with Gasteiger partial charge in [0.1, 0.15) is 6.54 Å². The van der Waals surface area contributed by atoms with E-state index in [2.05, 4.69) is 28.1 Å². The molecular weight excluding hydrogens is 294 g/mol. The van der Waals surface area contributed by atoms with Crippen LogP contribution >= 0.6 is 0 Å². The molecule has 0 saturated heterocycles. The third kappa shape index (κ3) is 33.8. The highest BCUT2D eigenvalue weighted by Gasteiger charge is 2.05. The van der Waals surface area contributed by atoms with E-state index >= 15 is 0 Å². The van der Waals surface area contributed by atoms with E-state index < -0.39 is 6.16 Å². The number of unbranched alkanes of at least 4 members (excludes halogenated alkanes) is 9. The molecule has 0 aliphatic carbocycles. The minimum absolute atomic E-state index is 0.904. The Morgan fingerprint density at radius 3 is 1.65 bits per heavy atom. The number of carbonyl (C=O) groups is 1. The van der Waals surface area contributed by atoms with Crippen molar-refractivity contribution in [1.29, 1.82) is 0 Å². The van der Waals surface area contributed by atoms with Crippen molar-refractivity contribution in [2.24, 2.45) is 0 Å². The van der Waals surface area contributed by atoms with Crippen molar-refractivity contribution in [1.82, 2.24) is 0 Å². The van der Waals surface area contributed by atoms with E-state index in [-0.39, 0.29) is 0 Å². The van der Waals surface area contributed by atoms with Crippen molar-refractivity contribution in [3.63, 3.8) is 0 Å². The third-order valence-electron chi connectivity index (χ3n) is 3.55. The smallest absolute Gasteiger partial charge is 0.249 e. The van der Waals surface area contributed by atoms with Crippen molar-refractivity contribution < 1.29 is 24.2 Å². The first-order valence-corrected chi connectivity index (χ1v) is 9.07. The van der Waals surface area contributed by atoms with Crippen molar-refractivity contribution in [2.75, 3.05) is 40.9 Å². The molecule has 0 aliphatic rings. The Balaban J connectivity index is 0. The molecule has 0 amide bonds. The van der Waals surface area contributed by atoms with Gasteiger partial charge in [0.25, 0.3) is 0 Å². The number of likely N-dealkylation sites (N-methyl/N-ethyl adjacent to an activating group) is 1. The Bertz CT molecular complexity index is 248. The SMILES string of the molecule is CCCCCCCCCCCCOCC[N+](C)(C)C.O=C([O-])O. The molecule has 1 N–H and O–H groups in total. The summed E-state index contributed by atoms with van der Waals surface area (Å²) < 4.78 is 6.66. The Morgan fingerprint density at radius 2 is 1.26 bits per heavy atom. The molecule has 23 heavy (non-hydrogen) atoms. The standard InChI is InChI=1S/C17H38NO.CH2O3/c1-5-6-7-8-9-10-11-12-13-14-16-19-17-15-18(2,3)4;2-1(3)4/h5-17H2,1-4H3;(H2,2,3,4)/q+1;/p-1. The predicted molar refractivity (Wildman–Crippen MR) is 93.6 cm³/mol. The molecule has 5 nitrogen and oxygen atoms in total. The van der Waals surface area contributed by atoms with Crippen molar-refractivity contribution in [3.05, 3.63) is 0 Å². The molecule has 0 aliphatic heterocycles. The predicted octanol–water partition coefficient (Wildman–Crippen LogP) is 3.52. The van der Waals surface area contributed by atoms with Gasteiger partial charge in [-0.25, -0.2) is 0 Å². The van der Waals surface area contributed by atoms with E-state index in [1.165, 1.54) is 64.2 Å². The molecule has 0 unspecified atom stereocenters. The molecule has 0 radical (unpaired) electrons. The number of hydrogen-bond acceptors (Lipinski definition) is 3. The molecule has 0 fully saturated rings. The normalized spacial score (nSPS) is 11.0. The van der Waals surface area contributed by atoms with E-state index in [4.69, 9.17) is 19.7 Å². The molecule has 140 valence electrons. The van der Waals surface area contributed by atoms with Crippen LogP contribution < -0.4 is 5.11 Å². The van der Waals surface area contributed by atoms with E-state index in [9.17, 15) is 0 Å². The zero-order valence-corrected chi connectivity index (χ0v) is 15.8. The monoisotopic (exact) mass is 333 g/mol. The first-order valence-electron chi connectivity index (χ1n) is 9.07. The summed E-state index contributed by atoms with van der Waals surface area (Å²) in [7, 11) is 6.64. The zero-order valence-electron chi connectivity index (χ0n) is 15.8. The van der Waals surface area contributed by atoms with Gasteiger partial charge < -0.3 is 24.2 Å². The van der Waals surface area contributed by atoms with Gasteiger partial charge >= 0.3 is 0 Å². The van der Waals surface area contributed by atoms with Gasteiger partial charge in [0, 0.05) is 6.61 Å². The molecule has 5 heteroatoms. The van der Waals surface area contributed by atoms with Gasteiger partial charge in [-0.1, -0.05) is 64.7 Å². The topological polar surface area (TPSA) is 69.6 Å². The first kappa shape index (κ1) is 24.4. The Morgan fingerprint density at radius 1 is 0.870 bits per heavy atom. The fraction of sp³-hybridized carbons (Fsp3) is 0.944. The molecule has 0 bridgehead atoms. The quantitative estimate of drug-likeness (QED) is 0.390. The van der Waals surface area contributed by atoms with Crippen molar-refractivity contribution in [3.8, 4) is 0 Å². The number of rotatable bonds is 14. The highest BCUT2D eigenvalue weighted by molar-refractivity contribution is 5.50. The lowest BCUT2D eigenvalue weighted by molar-refractivity contribution is -0.870. The van der Waals surface area contributed by atoms with Gasteiger partial charge in [-0.3, -0.25) is 0 Å². The lowest BCUT2D eigenvalue weighted by Gasteiger charge is -2.23. The summed E-state index contributed by atoms with van der Waals surface area (Å²) in [4.78, 5) is 8.44. The molecule has 0 spiro atoms. The molecular formula is C18H39NO4. The van der Waals surface area contributed by atoms with Gasteiger partial charge in [0.15, 0.2) is 0 Å². The van der Waals surface area contributed by atoms with Crippen LogP contribution in [0.25, 0.3) is 0 Å². The minimum atomic E-state index is -2.08. The zero-order chi connectivity index (χ0) is 18.0. The molecule has 0 rings (SSSR count). The Hall–Kier alpha value is -0.810. The summed E-state index contributed by atoms with van der Waals surface area (Å²) in [5, 5.41) is 15.3. The number of carboxylic acid groups (broad SMARTS) is 2. The van der Waals surface area contributed by atoms with Crippen LogP contribution in [0.15, 0.2) is 0 Å². The maximum absolute atomic E-state index is 8.44. The summed E-state index contributed by atoms with van der Waals surface area (Å²) in [5.41, 5.74) is 0. The van der Waals surface area contributed by atoms with E-state index in [1.807, 2.05) is 0 Å². The second kappa shape index (κ2) is 17.5. The Kier molecular flexibility index (Phi) is 18.6. The van der Waals surface area contributed by atoms with Gasteiger partial charge in [-0.15, -0.1) is 0 Å². The van der Waals surface area contributed by atoms with Gasteiger partial charge in [0.2, 0.25) is 6.16 Å². The molecule has 0 aromatic rings. The molecule has 0 aromatic heterocycles. The molecule has 0 aromatic carbocycles. The average Bonchev–Trinajstić information content (AvgIpc) is 2.42. The van der Waals surface area contributed by atoms with Crippen LogP contribution in [0.3, 0.4) is 0 Å². The fourth-order valence-corrected chi connectivity index (χ4v) is 2.13. The van der Waals surface area contributed by atoms with Crippen LogP contribution in [-0.4, -0.2) is 56.6 Å². The van der Waals surface area contributed by atoms with Gasteiger partial charge in [-0.05, 0) is 6.42 Å². The van der Waals surface area contributed by atoms with Crippen LogP contribution in [0.2, 0.25) is 0 Å². The Labute approximate surface area is 143 Å². The highest BCUT2D eigenvalue weighted by atomic mass is 16.6. The molecule has 0 heterocycles. The average molecular weight is 334 g/mol. The number of nitrogens with zero attached hydrogens (tertiary/aromatic N) is 1. The number of ether oxygens (including phenoxy) is 1. The summed E-state index contributed by atoms with van der Waals surface area (Å²) >= 11 is 0. The summed E-state index contributed by atoms with van der Waals surface area (Å²) in [6.07, 6.45) is 11.9. The van der Waals surface area contributed by atoms with Crippen LogP contribution in [0.1, 0.15) is 71.1 Å². The largest absolute Gasteiger partial charge is 0.565 e. The second-order valence-electron chi connectivity index (χ2n) is 7.07. The maximum Gasteiger partial charge on any atom is 0.249 e. The maximum atomic E-state index is 8.44. The van der Waals surface area contributed by atoms with Crippen LogP contribution in [0.5, 0.6) is 0 Å². The van der Waals surface area contributed by atoms with Crippen LogP contribution in [-0.2, 0) is 4.74 Å². The van der Waals surface area contributed by atoms with Crippen molar-refractivity contribution >= 4 is 6.16 Å². The van der Waals surface area contributed by atoms with E-state index in [0.717, 1.165) is 24.2 Å². The molecule has 0 atom stereocenters. The van der Waals surface area contributed by atoms with Crippen molar-refractivity contribution in [2.45, 2.75) is 71.1 Å². The third-order valence-corrected chi connectivity index (χ3v) is 3.55. The van der Waals surface area contributed by atoms with E-state index in [0.29, 0.717) is 0 Å². The summed E-state index contributed by atoms with van der Waals surface area (Å²) in [6.45, 7) is 5.25. The fourth-order valence-electron chi connectivity index (χ4n) is 2.13. The second-order valence-corrected chi connectivity index (χ2v) is 7.07. The number of hydrogen-bond donors (Lipinski definition) is 1. The van der Waals surface area contributed by atoms with Crippen LogP contribution in [0.4, 0.5) is 4.79 Å².